The molecule has 0 heterocycles. The number of carbonyl (C=O) groups excluding carboxylic acids is 2. The number of anilines is 1. The zero-order valence-electron chi connectivity index (χ0n) is 21.6. The van der Waals surface area contributed by atoms with Crippen molar-refractivity contribution in [3.8, 4) is 0 Å². The molecule has 0 aromatic heterocycles. The van der Waals surface area contributed by atoms with Crippen molar-refractivity contribution >= 4 is 35.5 Å². The number of carbonyl (C=O) groups is 5. The molecule has 0 spiro atoms. The number of primary amides is 1. The van der Waals surface area contributed by atoms with E-state index in [-0.39, 0.29) is 17.4 Å². The monoisotopic (exact) mass is 527 g/mol. The van der Waals surface area contributed by atoms with Gasteiger partial charge in [-0.25, -0.2) is 14.4 Å². The number of nitrogen functional groups attached to an aromatic ring is 1. The summed E-state index contributed by atoms with van der Waals surface area (Å²) in [5.41, 5.74) is 16.1. The van der Waals surface area contributed by atoms with Gasteiger partial charge >= 0.3 is 23.9 Å². The minimum atomic E-state index is -1.03. The number of benzene rings is 1. The minimum Gasteiger partial charge on any atom is -0.480 e. The van der Waals surface area contributed by atoms with Crippen molar-refractivity contribution in [1.29, 1.82) is 0 Å². The van der Waals surface area contributed by atoms with E-state index in [0.29, 0.717) is 31.5 Å². The highest BCUT2D eigenvalue weighted by Gasteiger charge is 2.22. The predicted octanol–water partition coefficient (Wildman–Crippen LogP) is 1.61. The molecule has 1 aromatic carbocycles. The Morgan fingerprint density at radius 1 is 0.919 bits per heavy atom. The highest BCUT2D eigenvalue weighted by Crippen LogP contribution is 2.05. The summed E-state index contributed by atoms with van der Waals surface area (Å²) in [6.45, 7) is 5.98. The van der Waals surface area contributed by atoms with Gasteiger partial charge in [-0.3, -0.25) is 9.59 Å². The van der Waals surface area contributed by atoms with Crippen LogP contribution in [0.3, 0.4) is 0 Å². The average molecular weight is 528 g/mol. The van der Waals surface area contributed by atoms with E-state index >= 15 is 0 Å². The van der Waals surface area contributed by atoms with Crippen LogP contribution in [-0.4, -0.2) is 63.8 Å². The molecule has 3 amide bonds. The van der Waals surface area contributed by atoms with Gasteiger partial charge < -0.3 is 43.2 Å². The molecule has 0 aliphatic rings. The van der Waals surface area contributed by atoms with Gasteiger partial charge in [-0.1, -0.05) is 33.6 Å². The molecule has 0 aliphatic carbocycles. The Bertz CT molecular complexity index is 846. The summed E-state index contributed by atoms with van der Waals surface area (Å²) in [5, 5.41) is 30.5. The van der Waals surface area contributed by atoms with Gasteiger partial charge in [0.1, 0.15) is 12.1 Å². The second-order valence-corrected chi connectivity index (χ2v) is 8.39. The lowest BCUT2D eigenvalue weighted by Crippen LogP contribution is -2.44. The third-order valence-electron chi connectivity index (χ3n) is 4.72. The molecule has 0 bridgehead atoms. The number of nitrogens with two attached hydrogens (primary N) is 3. The molecule has 13 heteroatoms. The summed E-state index contributed by atoms with van der Waals surface area (Å²) in [6, 6.07) is 3.82. The molecule has 1 rings (SSSR count). The number of carboxylic acids is 3. The number of rotatable bonds is 13. The van der Waals surface area contributed by atoms with Crippen LogP contribution in [0, 0.1) is 5.92 Å². The topological polar surface area (TPSA) is 248 Å². The van der Waals surface area contributed by atoms with E-state index in [0.717, 1.165) is 19.3 Å². The number of hydrogen-bond donors (Lipinski definition) is 8. The zero-order chi connectivity index (χ0) is 29.0. The predicted molar refractivity (Wildman–Crippen MR) is 139 cm³/mol. The Labute approximate surface area is 216 Å². The molecule has 0 aliphatic heterocycles. The summed E-state index contributed by atoms with van der Waals surface area (Å²) in [4.78, 5) is 52.8. The first kappa shape index (κ1) is 35.3. The maximum atomic E-state index is 11.4. The van der Waals surface area contributed by atoms with E-state index in [9.17, 15) is 24.0 Å². The fraction of sp³-hybridized carbons (Fsp3) is 0.542. The summed E-state index contributed by atoms with van der Waals surface area (Å²) >= 11 is 0. The average Bonchev–Trinajstić information content (AvgIpc) is 2.81. The smallest absolute Gasteiger partial charge is 0.335 e. The van der Waals surface area contributed by atoms with Crippen molar-refractivity contribution in [2.45, 2.75) is 71.4 Å². The Morgan fingerprint density at radius 2 is 1.49 bits per heavy atom. The fourth-order valence-corrected chi connectivity index (χ4v) is 2.58. The maximum absolute atomic E-state index is 11.4. The van der Waals surface area contributed by atoms with Crippen LogP contribution in [0.2, 0.25) is 0 Å². The standard InChI is InChI=1S/C11H21NO3.C7H7NO2.C6H13N3O3/c1-4-5-6-7-9(13)12-10(8(2)3)11(14)15;8-6-3-1-5(2-4-6)7(9)10;7-4(5(10)11)2-1-3-9-6(8)12/h8,10H,4-7H2,1-3H3,(H,12,13)(H,14,15);1-4H,8H2,(H,9,10);4H,1-3,7H2,(H,10,11)(H3,8,9,12). The lowest BCUT2D eigenvalue weighted by molar-refractivity contribution is -0.143. The quantitative estimate of drug-likeness (QED) is 0.136. The molecule has 2 atom stereocenters. The Balaban J connectivity index is 0. The Hall–Kier alpha value is -3.87. The summed E-state index contributed by atoms with van der Waals surface area (Å²) in [5.74, 6) is -3.18. The number of unbranched alkanes of at least 4 members (excludes halogenated alkanes) is 2. The van der Waals surface area contributed by atoms with Gasteiger partial charge in [0.25, 0.3) is 0 Å². The van der Waals surface area contributed by atoms with E-state index in [1.165, 1.54) is 12.1 Å². The second kappa shape index (κ2) is 20.3. The van der Waals surface area contributed by atoms with Crippen molar-refractivity contribution in [3.05, 3.63) is 29.8 Å². The highest BCUT2D eigenvalue weighted by atomic mass is 16.4. The molecular weight excluding hydrogens is 486 g/mol. The number of urea groups is 1. The molecule has 0 saturated carbocycles. The van der Waals surface area contributed by atoms with Gasteiger partial charge in [-0.05, 0) is 49.4 Å². The van der Waals surface area contributed by atoms with Crippen LogP contribution in [0.1, 0.15) is 69.7 Å². The molecule has 0 saturated heterocycles. The minimum absolute atomic E-state index is 0.0855. The van der Waals surface area contributed by atoms with E-state index in [1.54, 1.807) is 26.0 Å². The van der Waals surface area contributed by atoms with Gasteiger partial charge in [0, 0.05) is 18.7 Å². The maximum Gasteiger partial charge on any atom is 0.335 e. The van der Waals surface area contributed by atoms with E-state index in [2.05, 4.69) is 17.6 Å². The van der Waals surface area contributed by atoms with Crippen molar-refractivity contribution in [1.82, 2.24) is 10.6 Å². The van der Waals surface area contributed by atoms with E-state index in [1.807, 2.05) is 0 Å². The van der Waals surface area contributed by atoms with Gasteiger partial charge in [0.2, 0.25) is 5.91 Å². The Kier molecular flexibility index (Phi) is 19.4. The first-order chi connectivity index (χ1) is 17.2. The number of aliphatic carboxylic acids is 2. The molecule has 13 nitrogen and oxygen atoms in total. The number of nitrogens with one attached hydrogen (secondary N) is 2. The van der Waals surface area contributed by atoms with Crippen molar-refractivity contribution in [2.24, 2.45) is 17.4 Å². The van der Waals surface area contributed by atoms with Crippen LogP contribution in [0.5, 0.6) is 0 Å². The van der Waals surface area contributed by atoms with Crippen LogP contribution in [0.15, 0.2) is 24.3 Å². The molecule has 37 heavy (non-hydrogen) atoms. The van der Waals surface area contributed by atoms with Crippen LogP contribution < -0.4 is 27.8 Å². The van der Waals surface area contributed by atoms with Gasteiger partial charge in [-0.15, -0.1) is 0 Å². The number of carboxylic acid groups (broad SMARTS) is 3. The summed E-state index contributed by atoms with van der Waals surface area (Å²) in [7, 11) is 0. The third kappa shape index (κ3) is 20.1. The van der Waals surface area contributed by atoms with Crippen LogP contribution >= 0.6 is 0 Å². The highest BCUT2D eigenvalue weighted by molar-refractivity contribution is 5.87. The molecule has 210 valence electrons. The van der Waals surface area contributed by atoms with Crippen LogP contribution in [0.25, 0.3) is 0 Å². The van der Waals surface area contributed by atoms with Crippen molar-refractivity contribution in [2.75, 3.05) is 12.3 Å². The Morgan fingerprint density at radius 3 is 1.89 bits per heavy atom. The number of amides is 3. The largest absolute Gasteiger partial charge is 0.480 e. The number of hydrogen-bond acceptors (Lipinski definition) is 7. The molecule has 2 unspecified atom stereocenters. The van der Waals surface area contributed by atoms with Crippen LogP contribution in [0.4, 0.5) is 10.5 Å². The molecule has 1 aromatic rings. The first-order valence-corrected chi connectivity index (χ1v) is 11.9. The molecular formula is C24H41N5O8. The van der Waals surface area contributed by atoms with Gasteiger partial charge in [0.05, 0.1) is 5.56 Å². The van der Waals surface area contributed by atoms with Gasteiger partial charge in [-0.2, -0.15) is 0 Å². The molecule has 0 fully saturated rings. The lowest BCUT2D eigenvalue weighted by atomic mass is 10.0. The van der Waals surface area contributed by atoms with Crippen molar-refractivity contribution < 1.29 is 39.3 Å². The zero-order valence-corrected chi connectivity index (χ0v) is 21.6. The summed E-state index contributed by atoms with van der Waals surface area (Å²) < 4.78 is 0. The van der Waals surface area contributed by atoms with E-state index < -0.39 is 36.0 Å². The second-order valence-electron chi connectivity index (χ2n) is 8.39. The van der Waals surface area contributed by atoms with E-state index in [4.69, 9.17) is 32.5 Å². The SMILES string of the molecule is CCCCCC(=O)NC(C(=O)O)C(C)C.NC(=O)NCCCC(N)C(=O)O.Nc1ccc(C(=O)O)cc1. The van der Waals surface area contributed by atoms with Crippen LogP contribution in [-0.2, 0) is 14.4 Å². The van der Waals surface area contributed by atoms with Crippen molar-refractivity contribution in [3.63, 3.8) is 0 Å². The normalized spacial score (nSPS) is 11.5. The number of aromatic carboxylic acids is 1. The third-order valence-corrected chi connectivity index (χ3v) is 4.72. The molecule has 0 radical (unpaired) electrons. The summed E-state index contributed by atoms with van der Waals surface area (Å²) in [6.07, 6.45) is 4.15. The lowest BCUT2D eigenvalue weighted by Gasteiger charge is -2.17. The molecule has 11 N–H and O–H groups in total. The first-order valence-electron chi connectivity index (χ1n) is 11.9. The van der Waals surface area contributed by atoms with Gasteiger partial charge in [0.15, 0.2) is 0 Å². The fourth-order valence-electron chi connectivity index (χ4n) is 2.58.